The van der Waals surface area contributed by atoms with Gasteiger partial charge in [-0.2, -0.15) is 0 Å². The summed E-state index contributed by atoms with van der Waals surface area (Å²) in [5, 5.41) is 14.0. The third kappa shape index (κ3) is 3.00. The molecule has 1 unspecified atom stereocenters. The molecule has 0 saturated heterocycles. The summed E-state index contributed by atoms with van der Waals surface area (Å²) >= 11 is 0. The fraction of sp³-hybridized carbons (Fsp3) is 0.385. The molecule has 0 amide bonds. The molecule has 1 N–H and O–H groups in total. The van der Waals surface area contributed by atoms with Gasteiger partial charge in [0.2, 0.25) is 0 Å². The lowest BCUT2D eigenvalue weighted by atomic mass is 10.1. The van der Waals surface area contributed by atoms with Crippen LogP contribution in [0.15, 0.2) is 30.5 Å². The summed E-state index contributed by atoms with van der Waals surface area (Å²) in [6.45, 7) is 2.49. The highest BCUT2D eigenvalue weighted by molar-refractivity contribution is 5.62. The number of nitrogens with one attached hydrogen (secondary N) is 1. The Bertz CT molecular complexity index is 471. The summed E-state index contributed by atoms with van der Waals surface area (Å²) in [5.41, 5.74) is 1.65. The second kappa shape index (κ2) is 5.53. The van der Waals surface area contributed by atoms with Crippen LogP contribution >= 0.6 is 0 Å². The summed E-state index contributed by atoms with van der Waals surface area (Å²) in [6, 6.07) is 5.05. The number of nitro groups is 1. The maximum Gasteiger partial charge on any atom is 0.292 e. The van der Waals surface area contributed by atoms with Gasteiger partial charge >= 0.3 is 0 Å². The van der Waals surface area contributed by atoms with Crippen LogP contribution in [0.3, 0.4) is 0 Å². The van der Waals surface area contributed by atoms with Gasteiger partial charge in [-0.05, 0) is 37.5 Å². The summed E-state index contributed by atoms with van der Waals surface area (Å²) in [6.07, 6.45) is 5.67. The van der Waals surface area contributed by atoms with E-state index in [4.69, 9.17) is 4.74 Å². The molecule has 1 aromatic rings. The Morgan fingerprint density at radius 1 is 1.56 bits per heavy atom. The number of nitrogens with zero attached hydrogens (tertiary/aromatic N) is 1. The fourth-order valence-electron chi connectivity index (χ4n) is 1.91. The van der Waals surface area contributed by atoms with Gasteiger partial charge in [-0.15, -0.1) is 0 Å². The van der Waals surface area contributed by atoms with Crippen molar-refractivity contribution in [3.8, 4) is 0 Å². The van der Waals surface area contributed by atoms with E-state index in [1.54, 1.807) is 18.4 Å². The predicted octanol–water partition coefficient (Wildman–Crippen LogP) is 3.01. The second-order valence-corrected chi connectivity index (χ2v) is 4.37. The van der Waals surface area contributed by atoms with Crippen molar-refractivity contribution in [2.24, 2.45) is 0 Å². The van der Waals surface area contributed by atoms with Crippen molar-refractivity contribution in [2.75, 3.05) is 11.9 Å². The number of hydrogen-bond donors (Lipinski definition) is 1. The standard InChI is InChI=1S/C13H16N2O3/c1-10-5-6-13(15(16)17)12(8-10)14-9-11-4-2-3-7-18-11/h3,5-8,11,14H,2,4,9H2,1H3. The van der Waals surface area contributed by atoms with Crippen LogP contribution in [0.2, 0.25) is 0 Å². The first kappa shape index (κ1) is 12.4. The Balaban J connectivity index is 2.05. The topological polar surface area (TPSA) is 64.4 Å². The van der Waals surface area contributed by atoms with Gasteiger partial charge in [0, 0.05) is 6.07 Å². The third-order valence-electron chi connectivity index (χ3n) is 2.89. The molecule has 0 aromatic heterocycles. The van der Waals surface area contributed by atoms with Crippen molar-refractivity contribution in [3.63, 3.8) is 0 Å². The average molecular weight is 248 g/mol. The maximum absolute atomic E-state index is 10.9. The molecule has 0 aliphatic carbocycles. The molecule has 1 atom stereocenters. The number of allylic oxidation sites excluding steroid dienone is 1. The molecule has 1 heterocycles. The summed E-state index contributed by atoms with van der Waals surface area (Å²) in [4.78, 5) is 10.5. The molecule has 0 saturated carbocycles. The minimum Gasteiger partial charge on any atom is -0.497 e. The van der Waals surface area contributed by atoms with Crippen LogP contribution < -0.4 is 5.32 Å². The zero-order valence-corrected chi connectivity index (χ0v) is 10.3. The monoisotopic (exact) mass is 248 g/mol. The number of aryl methyl sites for hydroxylation is 1. The number of rotatable bonds is 4. The molecular formula is C13H16N2O3. The Morgan fingerprint density at radius 2 is 2.39 bits per heavy atom. The maximum atomic E-state index is 10.9. The van der Waals surface area contributed by atoms with Gasteiger partial charge in [0.05, 0.1) is 17.7 Å². The largest absolute Gasteiger partial charge is 0.497 e. The zero-order valence-electron chi connectivity index (χ0n) is 10.3. The number of anilines is 1. The van der Waals surface area contributed by atoms with E-state index in [1.165, 1.54) is 6.07 Å². The van der Waals surface area contributed by atoms with Gasteiger partial charge in [-0.3, -0.25) is 10.1 Å². The van der Waals surface area contributed by atoms with Gasteiger partial charge in [-0.1, -0.05) is 6.07 Å². The molecule has 0 fully saturated rings. The Labute approximate surface area is 106 Å². The highest BCUT2D eigenvalue weighted by Crippen LogP contribution is 2.25. The van der Waals surface area contributed by atoms with Crippen molar-refractivity contribution in [2.45, 2.75) is 25.9 Å². The minimum absolute atomic E-state index is 0.0788. The van der Waals surface area contributed by atoms with E-state index in [-0.39, 0.29) is 16.7 Å². The molecule has 1 aliphatic heterocycles. The van der Waals surface area contributed by atoms with E-state index in [0.29, 0.717) is 12.2 Å². The van der Waals surface area contributed by atoms with E-state index in [9.17, 15) is 10.1 Å². The third-order valence-corrected chi connectivity index (χ3v) is 2.89. The molecule has 1 aliphatic rings. The van der Waals surface area contributed by atoms with Crippen molar-refractivity contribution >= 4 is 11.4 Å². The van der Waals surface area contributed by atoms with E-state index in [1.807, 2.05) is 13.0 Å². The van der Waals surface area contributed by atoms with Crippen LogP contribution in [0.25, 0.3) is 0 Å². The Kier molecular flexibility index (Phi) is 3.82. The highest BCUT2D eigenvalue weighted by Gasteiger charge is 2.16. The second-order valence-electron chi connectivity index (χ2n) is 4.37. The van der Waals surface area contributed by atoms with Crippen molar-refractivity contribution in [3.05, 3.63) is 46.2 Å². The minimum atomic E-state index is -0.372. The molecule has 0 spiro atoms. The fourth-order valence-corrected chi connectivity index (χ4v) is 1.91. The molecule has 5 nitrogen and oxygen atoms in total. The molecule has 2 rings (SSSR count). The van der Waals surface area contributed by atoms with Gasteiger partial charge in [0.25, 0.3) is 5.69 Å². The number of hydrogen-bond acceptors (Lipinski definition) is 4. The van der Waals surface area contributed by atoms with E-state index >= 15 is 0 Å². The van der Waals surface area contributed by atoms with Gasteiger partial charge in [0.15, 0.2) is 0 Å². The van der Waals surface area contributed by atoms with E-state index < -0.39 is 0 Å². The van der Waals surface area contributed by atoms with Crippen molar-refractivity contribution < 1.29 is 9.66 Å². The SMILES string of the molecule is Cc1ccc([N+](=O)[O-])c(NCC2CCC=CO2)c1. The molecule has 1 aromatic carbocycles. The van der Waals surface area contributed by atoms with Crippen molar-refractivity contribution in [1.29, 1.82) is 0 Å². The van der Waals surface area contributed by atoms with Crippen LogP contribution in [-0.2, 0) is 4.74 Å². The number of benzene rings is 1. The highest BCUT2D eigenvalue weighted by atomic mass is 16.6. The lowest BCUT2D eigenvalue weighted by molar-refractivity contribution is -0.384. The summed E-state index contributed by atoms with van der Waals surface area (Å²) < 4.78 is 5.42. The summed E-state index contributed by atoms with van der Waals surface area (Å²) in [5.74, 6) is 0. The van der Waals surface area contributed by atoms with E-state index in [0.717, 1.165) is 18.4 Å². The first-order chi connectivity index (χ1) is 8.66. The summed E-state index contributed by atoms with van der Waals surface area (Å²) in [7, 11) is 0. The van der Waals surface area contributed by atoms with E-state index in [2.05, 4.69) is 5.32 Å². The molecule has 0 bridgehead atoms. The van der Waals surface area contributed by atoms with Gasteiger partial charge in [-0.25, -0.2) is 0 Å². The van der Waals surface area contributed by atoms with Crippen molar-refractivity contribution in [1.82, 2.24) is 0 Å². The zero-order chi connectivity index (χ0) is 13.0. The van der Waals surface area contributed by atoms with Crippen LogP contribution in [0, 0.1) is 17.0 Å². The first-order valence-electron chi connectivity index (χ1n) is 5.96. The predicted molar refractivity (Wildman–Crippen MR) is 69.6 cm³/mol. The molecule has 0 radical (unpaired) electrons. The lowest BCUT2D eigenvalue weighted by Crippen LogP contribution is -2.23. The molecule has 5 heteroatoms. The Hall–Kier alpha value is -2.04. The molecule has 96 valence electrons. The number of nitro benzene ring substituents is 1. The molecular weight excluding hydrogens is 232 g/mol. The smallest absolute Gasteiger partial charge is 0.292 e. The van der Waals surface area contributed by atoms with Crippen LogP contribution in [-0.4, -0.2) is 17.6 Å². The Morgan fingerprint density at radius 3 is 3.06 bits per heavy atom. The quantitative estimate of drug-likeness (QED) is 0.657. The van der Waals surface area contributed by atoms with Gasteiger partial charge in [0.1, 0.15) is 11.8 Å². The van der Waals surface area contributed by atoms with Crippen LogP contribution in [0.4, 0.5) is 11.4 Å². The van der Waals surface area contributed by atoms with Crippen LogP contribution in [0.1, 0.15) is 18.4 Å². The lowest BCUT2D eigenvalue weighted by Gasteiger charge is -2.20. The first-order valence-corrected chi connectivity index (χ1v) is 5.96. The average Bonchev–Trinajstić information content (AvgIpc) is 2.37. The molecule has 18 heavy (non-hydrogen) atoms. The van der Waals surface area contributed by atoms with Crippen LogP contribution in [0.5, 0.6) is 0 Å². The number of ether oxygens (including phenoxy) is 1. The normalized spacial score (nSPS) is 18.2. The van der Waals surface area contributed by atoms with Gasteiger partial charge < -0.3 is 10.1 Å².